The van der Waals surface area contributed by atoms with Gasteiger partial charge in [-0.2, -0.15) is 0 Å². The van der Waals surface area contributed by atoms with Gasteiger partial charge in [-0.3, -0.25) is 9.59 Å². The van der Waals surface area contributed by atoms with Crippen molar-refractivity contribution in [2.75, 3.05) is 6.54 Å². The molecule has 0 saturated carbocycles. The van der Waals surface area contributed by atoms with Crippen molar-refractivity contribution in [2.45, 2.75) is 6.10 Å². The lowest BCUT2D eigenvalue weighted by atomic mass is 10.2. The minimum atomic E-state index is -1.40. The van der Waals surface area contributed by atoms with Crippen LogP contribution in [0.2, 0.25) is 5.02 Å². The molecule has 1 atom stereocenters. The highest BCUT2D eigenvalue weighted by molar-refractivity contribution is 6.33. The fraction of sp³-hybridized carbons (Fsp3) is 0.200. The smallest absolute Gasteiger partial charge is 0.252 e. The Bertz CT molecular complexity index is 409. The van der Waals surface area contributed by atoms with E-state index in [-0.39, 0.29) is 12.1 Å². The minimum Gasteiger partial charge on any atom is -0.381 e. The van der Waals surface area contributed by atoms with Gasteiger partial charge in [0.05, 0.1) is 17.1 Å². The molecular weight excluding hydrogens is 232 g/mol. The van der Waals surface area contributed by atoms with Crippen molar-refractivity contribution < 1.29 is 14.7 Å². The van der Waals surface area contributed by atoms with Gasteiger partial charge in [0.2, 0.25) is 5.91 Å². The third kappa shape index (κ3) is 3.22. The summed E-state index contributed by atoms with van der Waals surface area (Å²) in [6.07, 6.45) is -1.40. The molecule has 1 unspecified atom stereocenters. The molecule has 0 aliphatic carbocycles. The maximum absolute atomic E-state index is 11.5. The first-order valence-electron chi connectivity index (χ1n) is 4.52. The summed E-state index contributed by atoms with van der Waals surface area (Å²) >= 11 is 5.78. The Kier molecular flexibility index (Phi) is 4.28. The standard InChI is InChI=1S/C10H11ClN2O3/c11-7-4-2-1-3-6(7)10(16)13-5-8(14)9(12)15/h1-4,8,14H,5H2,(H2,12,15)(H,13,16). The van der Waals surface area contributed by atoms with Crippen LogP contribution in [0.15, 0.2) is 24.3 Å². The van der Waals surface area contributed by atoms with Crippen LogP contribution >= 0.6 is 11.6 Å². The van der Waals surface area contributed by atoms with Gasteiger partial charge in [-0.15, -0.1) is 0 Å². The molecule has 1 aromatic carbocycles. The summed E-state index contributed by atoms with van der Waals surface area (Å²) in [6.45, 7) is -0.237. The van der Waals surface area contributed by atoms with Crippen LogP contribution in [-0.2, 0) is 4.79 Å². The van der Waals surface area contributed by atoms with Crippen LogP contribution < -0.4 is 11.1 Å². The van der Waals surface area contributed by atoms with Gasteiger partial charge in [-0.05, 0) is 12.1 Å². The molecule has 16 heavy (non-hydrogen) atoms. The predicted molar refractivity (Wildman–Crippen MR) is 59.0 cm³/mol. The number of nitrogens with one attached hydrogen (secondary N) is 1. The number of hydrogen-bond donors (Lipinski definition) is 3. The molecule has 1 rings (SSSR count). The maximum Gasteiger partial charge on any atom is 0.252 e. The molecule has 0 saturated heterocycles. The van der Waals surface area contributed by atoms with Gasteiger partial charge in [0, 0.05) is 0 Å². The summed E-state index contributed by atoms with van der Waals surface area (Å²) < 4.78 is 0. The summed E-state index contributed by atoms with van der Waals surface area (Å²) in [5.41, 5.74) is 5.10. The third-order valence-electron chi connectivity index (χ3n) is 1.90. The van der Waals surface area contributed by atoms with E-state index in [2.05, 4.69) is 5.32 Å². The molecule has 0 aliphatic heterocycles. The minimum absolute atomic E-state index is 0.237. The molecule has 1 aromatic rings. The molecule has 0 radical (unpaired) electrons. The van der Waals surface area contributed by atoms with E-state index < -0.39 is 17.9 Å². The van der Waals surface area contributed by atoms with Gasteiger partial charge in [0.15, 0.2) is 0 Å². The Morgan fingerprint density at radius 1 is 1.44 bits per heavy atom. The average molecular weight is 243 g/mol. The third-order valence-corrected chi connectivity index (χ3v) is 2.23. The van der Waals surface area contributed by atoms with Crippen LogP contribution in [0.3, 0.4) is 0 Å². The van der Waals surface area contributed by atoms with E-state index in [0.717, 1.165) is 0 Å². The number of primary amides is 1. The van der Waals surface area contributed by atoms with Crippen LogP contribution in [0.1, 0.15) is 10.4 Å². The molecule has 0 aliphatic rings. The van der Waals surface area contributed by atoms with Crippen LogP contribution in [0.4, 0.5) is 0 Å². The molecule has 6 heteroatoms. The number of aliphatic hydroxyl groups is 1. The van der Waals surface area contributed by atoms with E-state index in [1.165, 1.54) is 6.07 Å². The molecular formula is C10H11ClN2O3. The fourth-order valence-corrected chi connectivity index (χ4v) is 1.25. The molecule has 0 bridgehead atoms. The van der Waals surface area contributed by atoms with Gasteiger partial charge in [0.1, 0.15) is 6.10 Å². The Hall–Kier alpha value is -1.59. The summed E-state index contributed by atoms with van der Waals surface area (Å²) in [5, 5.41) is 11.7. The summed E-state index contributed by atoms with van der Waals surface area (Å²) in [5.74, 6) is -1.36. The second-order valence-corrected chi connectivity index (χ2v) is 3.52. The van der Waals surface area contributed by atoms with Gasteiger partial charge in [0.25, 0.3) is 5.91 Å². The average Bonchev–Trinajstić information content (AvgIpc) is 2.25. The zero-order chi connectivity index (χ0) is 12.1. The second-order valence-electron chi connectivity index (χ2n) is 3.11. The number of benzene rings is 1. The zero-order valence-electron chi connectivity index (χ0n) is 8.31. The topological polar surface area (TPSA) is 92.4 Å². The highest BCUT2D eigenvalue weighted by atomic mass is 35.5. The lowest BCUT2D eigenvalue weighted by molar-refractivity contribution is -0.125. The highest BCUT2D eigenvalue weighted by Crippen LogP contribution is 2.14. The van der Waals surface area contributed by atoms with Crippen molar-refractivity contribution in [3.8, 4) is 0 Å². The van der Waals surface area contributed by atoms with Crippen molar-refractivity contribution >= 4 is 23.4 Å². The zero-order valence-corrected chi connectivity index (χ0v) is 9.07. The molecule has 0 heterocycles. The summed E-state index contributed by atoms with van der Waals surface area (Å²) in [4.78, 5) is 22.0. The van der Waals surface area contributed by atoms with Crippen molar-refractivity contribution in [3.05, 3.63) is 34.9 Å². The molecule has 0 aromatic heterocycles. The molecule has 0 spiro atoms. The van der Waals surface area contributed by atoms with E-state index >= 15 is 0 Å². The second kappa shape index (κ2) is 5.48. The van der Waals surface area contributed by atoms with Crippen LogP contribution in [0, 0.1) is 0 Å². The van der Waals surface area contributed by atoms with Crippen molar-refractivity contribution in [2.24, 2.45) is 5.73 Å². The van der Waals surface area contributed by atoms with Gasteiger partial charge in [-0.1, -0.05) is 23.7 Å². The Morgan fingerprint density at radius 2 is 2.06 bits per heavy atom. The molecule has 5 nitrogen and oxygen atoms in total. The largest absolute Gasteiger partial charge is 0.381 e. The lowest BCUT2D eigenvalue weighted by Gasteiger charge is -2.09. The van der Waals surface area contributed by atoms with Gasteiger partial charge in [-0.25, -0.2) is 0 Å². The van der Waals surface area contributed by atoms with E-state index in [4.69, 9.17) is 22.4 Å². The lowest BCUT2D eigenvalue weighted by Crippen LogP contribution is -2.40. The first-order chi connectivity index (χ1) is 7.52. The summed E-state index contributed by atoms with van der Waals surface area (Å²) in [6, 6.07) is 6.46. The van der Waals surface area contributed by atoms with Crippen LogP contribution in [-0.4, -0.2) is 29.6 Å². The Balaban J connectivity index is 2.60. The van der Waals surface area contributed by atoms with Crippen LogP contribution in [0.25, 0.3) is 0 Å². The number of aliphatic hydroxyl groups excluding tert-OH is 1. The maximum atomic E-state index is 11.5. The Labute approximate surface area is 97.2 Å². The Morgan fingerprint density at radius 3 is 2.62 bits per heavy atom. The van der Waals surface area contributed by atoms with E-state index in [9.17, 15) is 9.59 Å². The number of hydrogen-bond acceptors (Lipinski definition) is 3. The van der Waals surface area contributed by atoms with Gasteiger partial charge >= 0.3 is 0 Å². The number of amides is 2. The number of nitrogens with two attached hydrogens (primary N) is 1. The number of carbonyl (C=O) groups excluding carboxylic acids is 2. The van der Waals surface area contributed by atoms with Crippen molar-refractivity contribution in [3.63, 3.8) is 0 Å². The van der Waals surface area contributed by atoms with E-state index in [0.29, 0.717) is 5.02 Å². The number of halogens is 1. The quantitative estimate of drug-likeness (QED) is 0.689. The first-order valence-corrected chi connectivity index (χ1v) is 4.90. The van der Waals surface area contributed by atoms with E-state index in [1.807, 2.05) is 0 Å². The summed E-state index contributed by atoms with van der Waals surface area (Å²) in [7, 11) is 0. The predicted octanol–water partition coefficient (Wildman–Crippen LogP) is -0.0840. The normalized spacial score (nSPS) is 11.9. The van der Waals surface area contributed by atoms with Crippen molar-refractivity contribution in [1.82, 2.24) is 5.32 Å². The molecule has 4 N–H and O–H groups in total. The van der Waals surface area contributed by atoms with Crippen molar-refractivity contribution in [1.29, 1.82) is 0 Å². The highest BCUT2D eigenvalue weighted by Gasteiger charge is 2.14. The number of carbonyl (C=O) groups is 2. The first kappa shape index (κ1) is 12.5. The monoisotopic (exact) mass is 242 g/mol. The van der Waals surface area contributed by atoms with E-state index in [1.54, 1.807) is 18.2 Å². The molecule has 2 amide bonds. The number of rotatable bonds is 4. The van der Waals surface area contributed by atoms with Gasteiger partial charge < -0.3 is 16.2 Å². The fourth-order valence-electron chi connectivity index (χ4n) is 1.03. The van der Waals surface area contributed by atoms with Crippen LogP contribution in [0.5, 0.6) is 0 Å². The molecule has 0 fully saturated rings. The molecule has 86 valence electrons. The SMILES string of the molecule is NC(=O)C(O)CNC(=O)c1ccccc1Cl.